The molecule has 1 aliphatic rings. The Morgan fingerprint density at radius 1 is 0.833 bits per heavy atom. The van der Waals surface area contributed by atoms with E-state index in [0.29, 0.717) is 34.3 Å². The molecule has 0 aliphatic carbocycles. The summed E-state index contributed by atoms with van der Waals surface area (Å²) >= 11 is 0. The Morgan fingerprint density at radius 2 is 1.60 bits per heavy atom. The Bertz CT molecular complexity index is 1340. The first-order valence-corrected chi connectivity index (χ1v) is 9.36. The third-order valence-corrected chi connectivity index (χ3v) is 5.11. The third-order valence-electron chi connectivity index (χ3n) is 5.11. The van der Waals surface area contributed by atoms with Crippen LogP contribution in [0.2, 0.25) is 0 Å². The van der Waals surface area contributed by atoms with Crippen molar-refractivity contribution in [2.45, 2.75) is 6.42 Å². The Hall–Kier alpha value is -4.20. The van der Waals surface area contributed by atoms with E-state index in [9.17, 15) is 14.4 Å². The molecular formula is C22H15N5O3. The molecule has 2 aromatic carbocycles. The van der Waals surface area contributed by atoms with Gasteiger partial charge in [-0.3, -0.25) is 14.5 Å². The van der Waals surface area contributed by atoms with Gasteiger partial charge in [-0.05, 0) is 36.2 Å². The van der Waals surface area contributed by atoms with Crippen molar-refractivity contribution in [1.82, 2.24) is 24.4 Å². The van der Waals surface area contributed by atoms with Gasteiger partial charge in [0.1, 0.15) is 6.33 Å². The lowest BCUT2D eigenvalue weighted by Gasteiger charge is -2.14. The summed E-state index contributed by atoms with van der Waals surface area (Å²) in [6.45, 7) is 0.251. The van der Waals surface area contributed by atoms with Gasteiger partial charge in [0.25, 0.3) is 11.8 Å². The van der Waals surface area contributed by atoms with Crippen LogP contribution < -0.4 is 5.69 Å². The lowest BCUT2D eigenvalue weighted by molar-refractivity contribution is 0.0656. The molecule has 3 heterocycles. The maximum atomic E-state index is 12.5. The van der Waals surface area contributed by atoms with E-state index >= 15 is 0 Å². The van der Waals surface area contributed by atoms with E-state index in [1.807, 2.05) is 18.2 Å². The van der Waals surface area contributed by atoms with Gasteiger partial charge in [-0.1, -0.05) is 24.3 Å². The number of aromatic nitrogens is 4. The number of carbonyl (C=O) groups excluding carboxylic acids is 2. The number of carbonyl (C=O) groups is 2. The Morgan fingerprint density at radius 3 is 2.37 bits per heavy atom. The van der Waals surface area contributed by atoms with Crippen molar-refractivity contribution in [3.63, 3.8) is 0 Å². The number of rotatable bonds is 4. The second-order valence-corrected chi connectivity index (χ2v) is 6.91. The maximum absolute atomic E-state index is 12.5. The molecule has 0 unspecified atom stereocenters. The standard InChI is InChI=1S/C22H15N5O3/c28-20-17-6-1-2-7-18(17)21(29)26(20)9-8-14-4-3-5-16(10-14)27-19-15(11-23-13-25-19)12-24-22(27)30/h1-7,10-13H,8-9H2. The molecule has 1 aliphatic heterocycles. The van der Waals surface area contributed by atoms with Crippen molar-refractivity contribution in [3.05, 3.63) is 94.4 Å². The average molecular weight is 397 g/mol. The van der Waals surface area contributed by atoms with Crippen molar-refractivity contribution in [2.24, 2.45) is 0 Å². The molecule has 0 spiro atoms. The molecule has 0 saturated carbocycles. The van der Waals surface area contributed by atoms with Crippen LogP contribution in [0.15, 0.2) is 72.0 Å². The molecule has 4 aromatic rings. The van der Waals surface area contributed by atoms with Crippen molar-refractivity contribution in [1.29, 1.82) is 0 Å². The maximum Gasteiger partial charge on any atom is 0.353 e. The van der Waals surface area contributed by atoms with Gasteiger partial charge in [0, 0.05) is 18.9 Å². The minimum Gasteiger partial charge on any atom is -0.274 e. The van der Waals surface area contributed by atoms with Crippen LogP contribution in [0.3, 0.4) is 0 Å². The highest BCUT2D eigenvalue weighted by atomic mass is 16.2. The normalized spacial score (nSPS) is 13.1. The molecule has 2 aromatic heterocycles. The summed E-state index contributed by atoms with van der Waals surface area (Å²) in [5, 5.41) is 0.647. The Kier molecular flexibility index (Phi) is 4.17. The van der Waals surface area contributed by atoms with E-state index < -0.39 is 5.69 Å². The van der Waals surface area contributed by atoms with Gasteiger partial charge in [0.2, 0.25) is 0 Å². The van der Waals surface area contributed by atoms with Gasteiger partial charge in [-0.15, -0.1) is 0 Å². The van der Waals surface area contributed by atoms with Gasteiger partial charge in [0.05, 0.1) is 22.2 Å². The average Bonchev–Trinajstić information content (AvgIpc) is 3.02. The minimum absolute atomic E-state index is 0.251. The molecule has 0 N–H and O–H groups in total. The molecule has 0 saturated heterocycles. The van der Waals surface area contributed by atoms with Crippen molar-refractivity contribution >= 4 is 22.8 Å². The molecule has 5 rings (SSSR count). The molecule has 8 heteroatoms. The van der Waals surface area contributed by atoms with Crippen LogP contribution in [-0.2, 0) is 6.42 Å². The second-order valence-electron chi connectivity index (χ2n) is 6.91. The Balaban J connectivity index is 1.44. The number of nitrogens with zero attached hydrogens (tertiary/aromatic N) is 5. The third kappa shape index (κ3) is 2.86. The van der Waals surface area contributed by atoms with Crippen molar-refractivity contribution in [3.8, 4) is 5.69 Å². The summed E-state index contributed by atoms with van der Waals surface area (Å²) in [7, 11) is 0. The fourth-order valence-corrected chi connectivity index (χ4v) is 3.65. The molecule has 0 atom stereocenters. The molecule has 0 fully saturated rings. The molecular weight excluding hydrogens is 382 g/mol. The summed E-state index contributed by atoms with van der Waals surface area (Å²) < 4.78 is 1.42. The summed E-state index contributed by atoms with van der Waals surface area (Å²) in [4.78, 5) is 50.8. The van der Waals surface area contributed by atoms with Crippen LogP contribution in [0.4, 0.5) is 0 Å². The van der Waals surface area contributed by atoms with Crippen LogP contribution in [-0.4, -0.2) is 42.8 Å². The highest BCUT2D eigenvalue weighted by molar-refractivity contribution is 6.21. The summed E-state index contributed by atoms with van der Waals surface area (Å²) in [5.41, 5.74) is 2.37. The zero-order valence-electron chi connectivity index (χ0n) is 15.7. The topological polar surface area (TPSA) is 98.1 Å². The first-order valence-electron chi connectivity index (χ1n) is 9.36. The van der Waals surface area contributed by atoms with Gasteiger partial charge in [-0.25, -0.2) is 24.3 Å². The number of hydrogen-bond donors (Lipinski definition) is 0. The zero-order chi connectivity index (χ0) is 20.7. The van der Waals surface area contributed by atoms with Crippen molar-refractivity contribution < 1.29 is 9.59 Å². The smallest absolute Gasteiger partial charge is 0.274 e. The van der Waals surface area contributed by atoms with Gasteiger partial charge < -0.3 is 0 Å². The molecule has 8 nitrogen and oxygen atoms in total. The van der Waals surface area contributed by atoms with E-state index in [2.05, 4.69) is 15.0 Å². The summed E-state index contributed by atoms with van der Waals surface area (Å²) in [5.74, 6) is -0.559. The van der Waals surface area contributed by atoms with Gasteiger partial charge in [0.15, 0.2) is 5.65 Å². The van der Waals surface area contributed by atoms with E-state index in [4.69, 9.17) is 0 Å². The lowest BCUT2D eigenvalue weighted by Crippen LogP contribution is -2.31. The molecule has 2 amide bonds. The largest absolute Gasteiger partial charge is 0.353 e. The van der Waals surface area contributed by atoms with Crippen molar-refractivity contribution in [2.75, 3.05) is 6.54 Å². The minimum atomic E-state index is -0.446. The summed E-state index contributed by atoms with van der Waals surface area (Å²) in [6, 6.07) is 14.2. The highest BCUT2D eigenvalue weighted by Crippen LogP contribution is 2.23. The quantitative estimate of drug-likeness (QED) is 0.489. The number of benzene rings is 2. The van der Waals surface area contributed by atoms with Crippen LogP contribution in [0.5, 0.6) is 0 Å². The predicted octanol–water partition coefficient (Wildman–Crippen LogP) is 2.01. The molecule has 146 valence electrons. The van der Waals surface area contributed by atoms with Gasteiger partial charge >= 0.3 is 5.69 Å². The fourth-order valence-electron chi connectivity index (χ4n) is 3.65. The van der Waals surface area contributed by atoms with E-state index in [1.165, 1.54) is 22.0 Å². The summed E-state index contributed by atoms with van der Waals surface area (Å²) in [6.07, 6.45) is 4.88. The van der Waals surface area contributed by atoms with E-state index in [1.54, 1.807) is 36.5 Å². The van der Waals surface area contributed by atoms with Crippen LogP contribution in [0, 0.1) is 0 Å². The monoisotopic (exact) mass is 397 g/mol. The van der Waals surface area contributed by atoms with E-state index in [0.717, 1.165) is 5.56 Å². The Labute approximate surface area is 170 Å². The number of imide groups is 1. The molecule has 0 bridgehead atoms. The first-order chi connectivity index (χ1) is 14.6. The number of amides is 2. The predicted molar refractivity (Wildman–Crippen MR) is 108 cm³/mol. The number of hydrogen-bond acceptors (Lipinski definition) is 6. The van der Waals surface area contributed by atoms with Crippen LogP contribution in [0.25, 0.3) is 16.7 Å². The SMILES string of the molecule is O=C1c2ccccc2C(=O)N1CCc1cccc(-n2c(=O)ncc3cncnc32)c1. The van der Waals surface area contributed by atoms with Crippen LogP contribution in [0.1, 0.15) is 26.3 Å². The highest BCUT2D eigenvalue weighted by Gasteiger charge is 2.34. The molecule has 30 heavy (non-hydrogen) atoms. The zero-order valence-corrected chi connectivity index (χ0v) is 15.7. The molecule has 0 radical (unpaired) electrons. The fraction of sp³-hybridized carbons (Fsp3) is 0.0909. The van der Waals surface area contributed by atoms with E-state index in [-0.39, 0.29) is 18.4 Å². The first kappa shape index (κ1) is 17.9. The number of fused-ring (bicyclic) bond motifs is 2. The van der Waals surface area contributed by atoms with Gasteiger partial charge in [-0.2, -0.15) is 0 Å². The second kappa shape index (κ2) is 7.00. The van der Waals surface area contributed by atoms with Crippen LogP contribution >= 0.6 is 0 Å². The lowest BCUT2D eigenvalue weighted by atomic mass is 10.1.